The molecular weight excluding hydrogens is 328 g/mol. The molecule has 0 radical (unpaired) electrons. The minimum absolute atomic E-state index is 0.0772. The average Bonchev–Trinajstić information content (AvgIpc) is 2.72. The standard InChI is InChI=1S/C11H10Cl2FN3O2S/c1-6(2)17-10(15-16-11(17)20(13,18)19)8-4-3-7(12)5-9(8)14/h3-6H,1-2H3. The van der Waals surface area contributed by atoms with Gasteiger partial charge in [-0.05, 0) is 32.0 Å². The van der Waals surface area contributed by atoms with Crippen molar-refractivity contribution in [1.29, 1.82) is 0 Å². The van der Waals surface area contributed by atoms with E-state index in [0.29, 0.717) is 0 Å². The Balaban J connectivity index is 2.73. The molecule has 0 aliphatic rings. The summed E-state index contributed by atoms with van der Waals surface area (Å²) in [6, 6.07) is 3.68. The lowest BCUT2D eigenvalue weighted by Gasteiger charge is -2.13. The van der Waals surface area contributed by atoms with Gasteiger partial charge in [0.2, 0.25) is 0 Å². The molecule has 0 atom stereocenters. The van der Waals surface area contributed by atoms with Crippen molar-refractivity contribution in [2.75, 3.05) is 0 Å². The van der Waals surface area contributed by atoms with E-state index in [9.17, 15) is 12.8 Å². The van der Waals surface area contributed by atoms with E-state index in [2.05, 4.69) is 10.2 Å². The maximum Gasteiger partial charge on any atom is 0.296 e. The second kappa shape index (κ2) is 5.31. The van der Waals surface area contributed by atoms with Crippen molar-refractivity contribution in [2.24, 2.45) is 0 Å². The van der Waals surface area contributed by atoms with Crippen LogP contribution in [0.15, 0.2) is 23.4 Å². The Morgan fingerprint density at radius 2 is 1.95 bits per heavy atom. The predicted octanol–water partition coefficient (Wildman–Crippen LogP) is 3.25. The molecule has 108 valence electrons. The van der Waals surface area contributed by atoms with E-state index in [-0.39, 0.29) is 22.5 Å². The van der Waals surface area contributed by atoms with Gasteiger partial charge in [0.25, 0.3) is 14.2 Å². The molecule has 2 aromatic rings. The minimum Gasteiger partial charge on any atom is -0.294 e. The van der Waals surface area contributed by atoms with Crippen LogP contribution >= 0.6 is 22.3 Å². The summed E-state index contributed by atoms with van der Waals surface area (Å²) in [4.78, 5) is 0. The van der Waals surface area contributed by atoms with Gasteiger partial charge in [-0.3, -0.25) is 4.57 Å². The van der Waals surface area contributed by atoms with E-state index < -0.39 is 20.0 Å². The number of nitrogens with zero attached hydrogens (tertiary/aromatic N) is 3. The largest absolute Gasteiger partial charge is 0.296 e. The first-order valence-corrected chi connectivity index (χ1v) is 8.25. The highest BCUT2D eigenvalue weighted by atomic mass is 35.7. The Kier molecular flexibility index (Phi) is 4.04. The summed E-state index contributed by atoms with van der Waals surface area (Å²) >= 11 is 5.68. The maximum atomic E-state index is 13.9. The van der Waals surface area contributed by atoms with Crippen molar-refractivity contribution < 1.29 is 12.8 Å². The Bertz CT molecular complexity index is 759. The normalized spacial score (nSPS) is 12.1. The Labute approximate surface area is 124 Å². The van der Waals surface area contributed by atoms with Crippen LogP contribution in [0.5, 0.6) is 0 Å². The van der Waals surface area contributed by atoms with Gasteiger partial charge in [-0.2, -0.15) is 0 Å². The fraction of sp³-hybridized carbons (Fsp3) is 0.273. The Hall–Kier alpha value is -1.18. The van der Waals surface area contributed by atoms with Crippen molar-refractivity contribution in [3.05, 3.63) is 29.0 Å². The van der Waals surface area contributed by atoms with Gasteiger partial charge >= 0.3 is 0 Å². The van der Waals surface area contributed by atoms with Crippen LogP contribution in [0.3, 0.4) is 0 Å². The van der Waals surface area contributed by atoms with Crippen LogP contribution in [0.4, 0.5) is 4.39 Å². The van der Waals surface area contributed by atoms with E-state index in [1.54, 1.807) is 13.8 Å². The van der Waals surface area contributed by atoms with E-state index in [1.807, 2.05) is 0 Å². The zero-order chi connectivity index (χ0) is 15.1. The number of benzene rings is 1. The number of aromatic nitrogens is 3. The second-order valence-electron chi connectivity index (χ2n) is 4.33. The summed E-state index contributed by atoms with van der Waals surface area (Å²) in [7, 11) is 1.23. The van der Waals surface area contributed by atoms with E-state index >= 15 is 0 Å². The van der Waals surface area contributed by atoms with Crippen LogP contribution in [0.2, 0.25) is 5.02 Å². The molecule has 0 saturated heterocycles. The first-order valence-electron chi connectivity index (χ1n) is 5.57. The fourth-order valence-electron chi connectivity index (χ4n) is 1.76. The minimum atomic E-state index is -4.07. The molecule has 0 aliphatic carbocycles. The molecule has 0 fully saturated rings. The molecule has 0 spiro atoms. The molecule has 0 aliphatic heterocycles. The van der Waals surface area contributed by atoms with E-state index in [0.717, 1.165) is 6.07 Å². The lowest BCUT2D eigenvalue weighted by molar-refractivity contribution is 0.528. The zero-order valence-corrected chi connectivity index (χ0v) is 12.8. The molecule has 20 heavy (non-hydrogen) atoms. The van der Waals surface area contributed by atoms with Gasteiger partial charge in [0, 0.05) is 21.7 Å². The van der Waals surface area contributed by atoms with Crippen LogP contribution < -0.4 is 0 Å². The summed E-state index contributed by atoms with van der Waals surface area (Å²) in [6.07, 6.45) is 0. The maximum absolute atomic E-state index is 13.9. The number of hydrogen-bond acceptors (Lipinski definition) is 4. The summed E-state index contributed by atoms with van der Waals surface area (Å²) < 4.78 is 38.1. The third-order valence-electron chi connectivity index (χ3n) is 2.57. The quantitative estimate of drug-likeness (QED) is 0.806. The van der Waals surface area contributed by atoms with E-state index in [4.69, 9.17) is 22.3 Å². The van der Waals surface area contributed by atoms with Crippen molar-refractivity contribution in [3.8, 4) is 11.4 Å². The molecule has 5 nitrogen and oxygen atoms in total. The molecule has 1 aromatic heterocycles. The van der Waals surface area contributed by atoms with Crippen LogP contribution in [0.25, 0.3) is 11.4 Å². The van der Waals surface area contributed by atoms with Crippen molar-refractivity contribution >= 4 is 31.3 Å². The monoisotopic (exact) mass is 337 g/mol. The summed E-state index contributed by atoms with van der Waals surface area (Å²) in [5, 5.41) is 7.08. The number of hydrogen-bond donors (Lipinski definition) is 0. The number of rotatable bonds is 3. The van der Waals surface area contributed by atoms with Gasteiger partial charge < -0.3 is 0 Å². The van der Waals surface area contributed by atoms with Crippen LogP contribution in [-0.2, 0) is 9.05 Å². The highest BCUT2D eigenvalue weighted by Gasteiger charge is 2.26. The summed E-state index contributed by atoms with van der Waals surface area (Å²) in [6.45, 7) is 3.43. The molecule has 9 heteroatoms. The Morgan fingerprint density at radius 1 is 1.30 bits per heavy atom. The van der Waals surface area contributed by atoms with Crippen LogP contribution in [0.1, 0.15) is 19.9 Å². The second-order valence-corrected chi connectivity index (χ2v) is 7.23. The molecule has 0 bridgehead atoms. The molecule has 0 saturated carbocycles. The number of halogens is 3. The topological polar surface area (TPSA) is 64.8 Å². The molecular formula is C11H10Cl2FN3O2S. The SMILES string of the molecule is CC(C)n1c(-c2ccc(Cl)cc2F)nnc1S(=O)(=O)Cl. The molecule has 1 heterocycles. The summed E-state index contributed by atoms with van der Waals surface area (Å²) in [5.74, 6) is -0.543. The average molecular weight is 338 g/mol. The van der Waals surface area contributed by atoms with Gasteiger partial charge in [0.15, 0.2) is 5.82 Å². The van der Waals surface area contributed by atoms with Crippen LogP contribution in [-0.4, -0.2) is 23.2 Å². The van der Waals surface area contributed by atoms with Gasteiger partial charge in [-0.1, -0.05) is 11.6 Å². The molecule has 0 amide bonds. The Morgan fingerprint density at radius 3 is 2.45 bits per heavy atom. The van der Waals surface area contributed by atoms with Crippen molar-refractivity contribution in [1.82, 2.24) is 14.8 Å². The van der Waals surface area contributed by atoms with E-state index in [1.165, 1.54) is 16.7 Å². The van der Waals surface area contributed by atoms with Crippen LogP contribution in [0, 0.1) is 5.82 Å². The lowest BCUT2D eigenvalue weighted by atomic mass is 10.2. The molecule has 0 unspecified atom stereocenters. The first-order chi connectivity index (χ1) is 9.21. The molecule has 2 rings (SSSR count). The third kappa shape index (κ3) is 2.79. The third-order valence-corrected chi connectivity index (χ3v) is 3.93. The van der Waals surface area contributed by atoms with Gasteiger partial charge in [0.1, 0.15) is 5.82 Å². The highest BCUT2D eigenvalue weighted by molar-refractivity contribution is 8.13. The smallest absolute Gasteiger partial charge is 0.294 e. The van der Waals surface area contributed by atoms with Gasteiger partial charge in [-0.15, -0.1) is 10.2 Å². The lowest BCUT2D eigenvalue weighted by Crippen LogP contribution is -2.10. The first kappa shape index (κ1) is 15.2. The molecule has 0 N–H and O–H groups in total. The summed E-state index contributed by atoms with van der Waals surface area (Å²) in [5.41, 5.74) is 0.0992. The van der Waals surface area contributed by atoms with Crippen molar-refractivity contribution in [2.45, 2.75) is 25.0 Å². The fourth-order valence-corrected chi connectivity index (χ4v) is 2.91. The highest BCUT2D eigenvalue weighted by Crippen LogP contribution is 2.29. The predicted molar refractivity (Wildman–Crippen MR) is 73.8 cm³/mol. The zero-order valence-electron chi connectivity index (χ0n) is 10.5. The molecule has 1 aromatic carbocycles. The van der Waals surface area contributed by atoms with Crippen molar-refractivity contribution in [3.63, 3.8) is 0 Å². The van der Waals surface area contributed by atoms with Gasteiger partial charge in [0.05, 0.1) is 5.56 Å². The van der Waals surface area contributed by atoms with Gasteiger partial charge in [-0.25, -0.2) is 12.8 Å².